The maximum Gasteiger partial charge on any atom is 0.266 e. The molecule has 0 unspecified atom stereocenters. The molecule has 0 saturated heterocycles. The molecule has 1 aliphatic rings. The van der Waals surface area contributed by atoms with Crippen LogP contribution in [0.15, 0.2) is 91.0 Å². The van der Waals surface area contributed by atoms with Crippen molar-refractivity contribution in [3.63, 3.8) is 0 Å². The summed E-state index contributed by atoms with van der Waals surface area (Å²) in [5, 5.41) is 4.20. The minimum absolute atomic E-state index is 0.313. The average molecular weight is 471 g/mol. The number of hydrogen-bond donors (Lipinski definition) is 1. The predicted octanol–water partition coefficient (Wildman–Crippen LogP) is 6.46. The lowest BCUT2D eigenvalue weighted by Crippen LogP contribution is -2.30. The number of benzene rings is 4. The second-order valence-electron chi connectivity index (χ2n) is 8.85. The Kier molecular flexibility index (Phi) is 5.08. The van der Waals surface area contributed by atoms with Gasteiger partial charge in [0.15, 0.2) is 0 Å². The van der Waals surface area contributed by atoms with E-state index in [2.05, 4.69) is 10.3 Å². The topological polar surface area (TPSA) is 75.2 Å². The SMILES string of the molecule is Cc1cccc(C)c1N1C(=O)c2ccc(Nc3nc(-c4ccccc4)c4ccccc4n3)cc2C1=O. The summed E-state index contributed by atoms with van der Waals surface area (Å²) in [6, 6.07) is 28.7. The van der Waals surface area contributed by atoms with Crippen LogP contribution in [-0.4, -0.2) is 21.8 Å². The fourth-order valence-electron chi connectivity index (χ4n) is 4.76. The number of rotatable bonds is 4. The molecular formula is C30H22N4O2. The maximum atomic E-state index is 13.4. The van der Waals surface area contributed by atoms with Crippen LogP contribution in [0.4, 0.5) is 17.3 Å². The van der Waals surface area contributed by atoms with E-state index in [0.717, 1.165) is 33.3 Å². The highest BCUT2D eigenvalue weighted by Gasteiger charge is 2.38. The smallest absolute Gasteiger partial charge is 0.266 e. The van der Waals surface area contributed by atoms with Crippen LogP contribution in [0.5, 0.6) is 0 Å². The number of anilines is 3. The van der Waals surface area contributed by atoms with E-state index >= 15 is 0 Å². The number of aryl methyl sites for hydroxylation is 2. The Hall–Kier alpha value is -4.84. The van der Waals surface area contributed by atoms with Crippen molar-refractivity contribution in [3.05, 3.63) is 113 Å². The monoisotopic (exact) mass is 470 g/mol. The molecule has 2 amide bonds. The molecule has 5 aromatic rings. The largest absolute Gasteiger partial charge is 0.324 e. The first-order valence-electron chi connectivity index (χ1n) is 11.7. The van der Waals surface area contributed by atoms with Gasteiger partial charge in [0.05, 0.1) is 28.0 Å². The van der Waals surface area contributed by atoms with Crippen LogP contribution in [-0.2, 0) is 0 Å². The Bertz CT molecular complexity index is 1660. The van der Waals surface area contributed by atoms with Gasteiger partial charge in [-0.05, 0) is 49.2 Å². The minimum atomic E-state index is -0.333. The van der Waals surface area contributed by atoms with Crippen LogP contribution < -0.4 is 10.2 Å². The molecule has 36 heavy (non-hydrogen) atoms. The third-order valence-corrected chi connectivity index (χ3v) is 6.46. The normalized spacial score (nSPS) is 12.8. The van der Waals surface area contributed by atoms with E-state index in [0.29, 0.717) is 28.5 Å². The number of carbonyl (C=O) groups excluding carboxylic acids is 2. The van der Waals surface area contributed by atoms with Crippen molar-refractivity contribution in [3.8, 4) is 11.3 Å². The fraction of sp³-hybridized carbons (Fsp3) is 0.0667. The van der Waals surface area contributed by atoms with Gasteiger partial charge in [-0.2, -0.15) is 0 Å². The lowest BCUT2D eigenvalue weighted by Gasteiger charge is -2.19. The van der Waals surface area contributed by atoms with Gasteiger partial charge in [0.25, 0.3) is 11.8 Å². The van der Waals surface area contributed by atoms with E-state index in [1.54, 1.807) is 18.2 Å². The van der Waals surface area contributed by atoms with E-state index in [1.165, 1.54) is 4.90 Å². The highest BCUT2D eigenvalue weighted by Crippen LogP contribution is 2.35. The lowest BCUT2D eigenvalue weighted by atomic mass is 10.1. The predicted molar refractivity (Wildman–Crippen MR) is 142 cm³/mol. The number of carbonyl (C=O) groups is 2. The molecule has 2 heterocycles. The van der Waals surface area contributed by atoms with Crippen molar-refractivity contribution < 1.29 is 9.59 Å². The maximum absolute atomic E-state index is 13.4. The summed E-state index contributed by atoms with van der Waals surface area (Å²) in [6.45, 7) is 3.81. The number of para-hydroxylation sites is 2. The summed E-state index contributed by atoms with van der Waals surface area (Å²) in [5.41, 5.74) is 6.38. The molecule has 0 bridgehead atoms. The fourth-order valence-corrected chi connectivity index (χ4v) is 4.76. The summed E-state index contributed by atoms with van der Waals surface area (Å²) in [4.78, 5) is 37.3. The van der Waals surface area contributed by atoms with Gasteiger partial charge < -0.3 is 5.32 Å². The van der Waals surface area contributed by atoms with Crippen molar-refractivity contribution in [1.82, 2.24) is 9.97 Å². The molecule has 0 aliphatic carbocycles. The summed E-state index contributed by atoms with van der Waals surface area (Å²) in [5.74, 6) is -0.233. The third kappa shape index (κ3) is 3.51. The molecule has 0 fully saturated rings. The first-order chi connectivity index (χ1) is 17.5. The summed E-state index contributed by atoms with van der Waals surface area (Å²) >= 11 is 0. The van der Waals surface area contributed by atoms with Gasteiger partial charge in [0.1, 0.15) is 0 Å². The Balaban J connectivity index is 1.39. The highest BCUT2D eigenvalue weighted by atomic mass is 16.2. The number of amides is 2. The van der Waals surface area contributed by atoms with Gasteiger partial charge in [-0.25, -0.2) is 14.9 Å². The van der Waals surface area contributed by atoms with E-state index in [-0.39, 0.29) is 11.8 Å². The molecule has 0 spiro atoms. The number of aromatic nitrogens is 2. The van der Waals surface area contributed by atoms with Crippen molar-refractivity contribution in [2.24, 2.45) is 0 Å². The zero-order chi connectivity index (χ0) is 24.8. The zero-order valence-electron chi connectivity index (χ0n) is 19.8. The summed E-state index contributed by atoms with van der Waals surface area (Å²) in [7, 11) is 0. The van der Waals surface area contributed by atoms with Gasteiger partial charge in [0.2, 0.25) is 5.95 Å². The van der Waals surface area contributed by atoms with Gasteiger partial charge in [-0.3, -0.25) is 9.59 Å². The Morgan fingerprint density at radius 2 is 1.39 bits per heavy atom. The van der Waals surface area contributed by atoms with Gasteiger partial charge in [0, 0.05) is 16.6 Å². The molecule has 0 saturated carbocycles. The first-order valence-corrected chi connectivity index (χ1v) is 11.7. The molecular weight excluding hydrogens is 448 g/mol. The van der Waals surface area contributed by atoms with Crippen LogP contribution in [0.25, 0.3) is 22.2 Å². The molecule has 0 radical (unpaired) electrons. The summed E-state index contributed by atoms with van der Waals surface area (Å²) < 4.78 is 0. The molecule has 1 N–H and O–H groups in total. The Morgan fingerprint density at radius 3 is 2.17 bits per heavy atom. The van der Waals surface area contributed by atoms with Gasteiger partial charge in [-0.15, -0.1) is 0 Å². The van der Waals surface area contributed by atoms with Crippen molar-refractivity contribution in [1.29, 1.82) is 0 Å². The van der Waals surface area contributed by atoms with Crippen LogP contribution >= 0.6 is 0 Å². The number of hydrogen-bond acceptors (Lipinski definition) is 5. The number of nitrogens with zero attached hydrogens (tertiary/aromatic N) is 3. The highest BCUT2D eigenvalue weighted by molar-refractivity contribution is 6.35. The second kappa shape index (κ2) is 8.43. The first kappa shape index (κ1) is 21.7. The van der Waals surface area contributed by atoms with Crippen molar-refractivity contribution >= 4 is 40.0 Å². The lowest BCUT2D eigenvalue weighted by molar-refractivity contribution is 0.0925. The van der Waals surface area contributed by atoms with E-state index < -0.39 is 0 Å². The number of fused-ring (bicyclic) bond motifs is 2. The molecule has 6 heteroatoms. The van der Waals surface area contributed by atoms with Crippen LogP contribution in [0, 0.1) is 13.8 Å². The second-order valence-corrected chi connectivity index (χ2v) is 8.85. The Morgan fingerprint density at radius 1 is 0.694 bits per heavy atom. The number of imide groups is 1. The van der Waals surface area contributed by atoms with E-state index in [4.69, 9.17) is 4.98 Å². The van der Waals surface area contributed by atoms with Crippen LogP contribution in [0.1, 0.15) is 31.8 Å². The van der Waals surface area contributed by atoms with E-state index in [9.17, 15) is 9.59 Å². The standard InChI is InChI=1S/C30H22N4O2/c1-18-9-8-10-19(2)27(18)34-28(35)22-16-15-21(17-24(22)29(34)36)31-30-32-25-14-7-6-13-23(25)26(33-30)20-11-4-3-5-12-20/h3-17H,1-2H3,(H,31,32,33). The summed E-state index contributed by atoms with van der Waals surface area (Å²) in [6.07, 6.45) is 0. The molecule has 4 aromatic carbocycles. The van der Waals surface area contributed by atoms with Crippen molar-refractivity contribution in [2.45, 2.75) is 13.8 Å². The molecule has 0 atom stereocenters. The molecule has 6 rings (SSSR count). The molecule has 6 nitrogen and oxygen atoms in total. The molecule has 1 aromatic heterocycles. The number of nitrogens with one attached hydrogen (secondary N) is 1. The third-order valence-electron chi connectivity index (χ3n) is 6.46. The molecule has 1 aliphatic heterocycles. The average Bonchev–Trinajstić information content (AvgIpc) is 3.13. The van der Waals surface area contributed by atoms with Crippen LogP contribution in [0.2, 0.25) is 0 Å². The Labute approximate surface area is 208 Å². The molecule has 174 valence electrons. The van der Waals surface area contributed by atoms with Gasteiger partial charge >= 0.3 is 0 Å². The van der Waals surface area contributed by atoms with Gasteiger partial charge in [-0.1, -0.05) is 66.7 Å². The minimum Gasteiger partial charge on any atom is -0.324 e. The zero-order valence-corrected chi connectivity index (χ0v) is 19.8. The van der Waals surface area contributed by atoms with E-state index in [1.807, 2.05) is 86.6 Å². The quantitative estimate of drug-likeness (QED) is 0.305. The van der Waals surface area contributed by atoms with Crippen LogP contribution in [0.3, 0.4) is 0 Å². The van der Waals surface area contributed by atoms with Crippen molar-refractivity contribution in [2.75, 3.05) is 10.2 Å².